The van der Waals surface area contributed by atoms with Gasteiger partial charge in [-0.3, -0.25) is 0 Å². The molecule has 10 heteroatoms. The summed E-state index contributed by atoms with van der Waals surface area (Å²) in [6.07, 6.45) is 2.64. The molecular weight excluding hydrogens is 617 g/mol. The maximum absolute atomic E-state index is 7.48. The highest BCUT2D eigenvalue weighted by molar-refractivity contribution is 6.87. The summed E-state index contributed by atoms with van der Waals surface area (Å²) in [5.41, 5.74) is -1.01. The molecule has 266 valence electrons. The first-order valence-corrected chi connectivity index (χ1v) is 27.0. The summed E-state index contributed by atoms with van der Waals surface area (Å²) >= 11 is 0. The topological polar surface area (TPSA) is 55.4 Å². The maximum atomic E-state index is 7.48. The van der Waals surface area contributed by atoms with Crippen LogP contribution in [0.5, 0.6) is 0 Å². The summed E-state index contributed by atoms with van der Waals surface area (Å²) in [5, 5.41) is 0. The van der Waals surface area contributed by atoms with E-state index in [-0.39, 0.29) is 27.4 Å². The van der Waals surface area contributed by atoms with Crippen LogP contribution in [0.4, 0.5) is 0 Å². The predicted octanol–water partition coefficient (Wildman–Crippen LogP) is 11.6. The Hall–Kier alpha value is 0.628. The second-order valence-electron chi connectivity index (χ2n) is 19.4. The third-order valence-electron chi connectivity index (χ3n) is 7.79. The summed E-state index contributed by atoms with van der Waals surface area (Å²) in [6, 6.07) is 2.49. The van der Waals surface area contributed by atoms with Crippen molar-refractivity contribution in [3.8, 4) is 0 Å². The smallest absolute Gasteiger partial charge is 0.415 e. The van der Waals surface area contributed by atoms with Crippen LogP contribution in [0.3, 0.4) is 0 Å². The van der Waals surface area contributed by atoms with Gasteiger partial charge in [-0.15, -0.1) is 0 Å². The fourth-order valence-electron chi connectivity index (χ4n) is 6.36. The Morgan fingerprint density at radius 2 is 0.614 bits per heavy atom. The van der Waals surface area contributed by atoms with Crippen molar-refractivity contribution in [3.05, 3.63) is 0 Å². The van der Waals surface area contributed by atoms with Crippen LogP contribution in [-0.2, 0) is 25.6 Å². The molecule has 0 aromatic heterocycles. The highest BCUT2D eigenvalue weighted by atomic mass is 28.5. The number of rotatable bonds is 18. The molecule has 0 aromatic carbocycles. The normalized spacial score (nSPS) is 20.0. The van der Waals surface area contributed by atoms with Gasteiger partial charge in [0.25, 0.3) is 0 Å². The molecular formula is C34H78O6Si4. The molecule has 0 amide bonds. The first kappa shape index (κ1) is 44.6. The van der Waals surface area contributed by atoms with Gasteiger partial charge in [-0.25, -0.2) is 0 Å². The molecule has 0 aliphatic rings. The molecule has 4 unspecified atom stereocenters. The molecule has 0 aliphatic carbocycles. The molecule has 44 heavy (non-hydrogen) atoms. The van der Waals surface area contributed by atoms with Gasteiger partial charge in [0, 0.05) is 6.55 Å². The minimum Gasteiger partial charge on any atom is -0.415 e. The van der Waals surface area contributed by atoms with E-state index in [9.17, 15) is 0 Å². The van der Waals surface area contributed by atoms with Crippen molar-refractivity contribution in [1.29, 1.82) is 0 Å². The fraction of sp³-hybridized carbons (Fsp3) is 1.00. The first-order chi connectivity index (χ1) is 19.0. The van der Waals surface area contributed by atoms with Gasteiger partial charge in [0.15, 0.2) is 0 Å². The monoisotopic (exact) mass is 694 g/mol. The summed E-state index contributed by atoms with van der Waals surface area (Å²) in [4.78, 5) is 0. The Kier molecular flexibility index (Phi) is 15.2. The quantitative estimate of drug-likeness (QED) is 0.133. The van der Waals surface area contributed by atoms with Crippen molar-refractivity contribution in [2.75, 3.05) is 0 Å². The lowest BCUT2D eigenvalue weighted by Gasteiger charge is -2.49. The molecule has 0 rings (SSSR count). The zero-order valence-corrected chi connectivity index (χ0v) is 37.7. The predicted molar refractivity (Wildman–Crippen MR) is 199 cm³/mol. The second-order valence-corrected chi connectivity index (χ2v) is 32.1. The molecule has 0 aromatic rings. The van der Waals surface area contributed by atoms with Crippen molar-refractivity contribution in [2.45, 2.75) is 205 Å². The fourth-order valence-corrected chi connectivity index (χ4v) is 28.9. The Balaban J connectivity index is 7.25. The highest BCUT2D eigenvalue weighted by Crippen LogP contribution is 2.42. The largest absolute Gasteiger partial charge is 0.480 e. The first-order valence-electron chi connectivity index (χ1n) is 17.3. The van der Waals surface area contributed by atoms with Crippen LogP contribution in [0, 0.1) is 16.2 Å². The van der Waals surface area contributed by atoms with Gasteiger partial charge >= 0.3 is 34.5 Å². The average Bonchev–Trinajstić information content (AvgIpc) is 2.66. The zero-order chi connectivity index (χ0) is 35.5. The van der Waals surface area contributed by atoms with Gasteiger partial charge in [-0.2, -0.15) is 0 Å². The molecule has 0 saturated carbocycles. The van der Waals surface area contributed by atoms with Crippen molar-refractivity contribution in [1.82, 2.24) is 0 Å². The van der Waals surface area contributed by atoms with Crippen molar-refractivity contribution in [2.24, 2.45) is 16.2 Å². The zero-order valence-electron chi connectivity index (χ0n) is 33.7. The Morgan fingerprint density at radius 3 is 0.909 bits per heavy atom. The summed E-state index contributed by atoms with van der Waals surface area (Å²) in [6.45, 7) is 48.7. The van der Waals surface area contributed by atoms with E-state index in [1.165, 1.54) is 0 Å². The van der Waals surface area contributed by atoms with Crippen LogP contribution >= 0.6 is 0 Å². The molecule has 0 aliphatic heterocycles. The second kappa shape index (κ2) is 15.0. The Labute approximate surface area is 280 Å². The Bertz CT molecular complexity index is 892. The van der Waals surface area contributed by atoms with E-state index in [2.05, 4.69) is 151 Å². The van der Waals surface area contributed by atoms with Crippen LogP contribution < -0.4 is 0 Å². The Morgan fingerprint density at radius 1 is 0.364 bits per heavy atom. The summed E-state index contributed by atoms with van der Waals surface area (Å²) < 4.78 is 43.4. The van der Waals surface area contributed by atoms with E-state index in [0.29, 0.717) is 0 Å². The molecule has 0 radical (unpaired) electrons. The van der Waals surface area contributed by atoms with Crippen LogP contribution in [-0.4, -0.2) is 51.3 Å². The summed E-state index contributed by atoms with van der Waals surface area (Å²) in [5.74, 6) is 0. The van der Waals surface area contributed by atoms with Gasteiger partial charge in [0.2, 0.25) is 0 Å². The van der Waals surface area contributed by atoms with Gasteiger partial charge in [-0.1, -0.05) is 83.1 Å². The van der Waals surface area contributed by atoms with E-state index in [1.807, 2.05) is 0 Å². The molecule has 0 N–H and O–H groups in total. The van der Waals surface area contributed by atoms with Crippen molar-refractivity contribution < 1.29 is 25.6 Å². The molecule has 0 heterocycles. The van der Waals surface area contributed by atoms with Crippen molar-refractivity contribution >= 4 is 34.5 Å². The lowest BCUT2D eigenvalue weighted by atomic mass is 10.0. The lowest BCUT2D eigenvalue weighted by Crippen LogP contribution is -2.65. The van der Waals surface area contributed by atoms with E-state index in [0.717, 1.165) is 37.4 Å². The third-order valence-corrected chi connectivity index (χ3v) is 25.7. The average molecular weight is 695 g/mol. The van der Waals surface area contributed by atoms with Crippen LogP contribution in [0.25, 0.3) is 0 Å². The molecule has 0 saturated heterocycles. The van der Waals surface area contributed by atoms with Gasteiger partial charge in [0.1, 0.15) is 0 Å². The number of hydrogen-bond acceptors (Lipinski definition) is 6. The lowest BCUT2D eigenvalue weighted by molar-refractivity contribution is 0.00694. The van der Waals surface area contributed by atoms with Crippen LogP contribution in [0.1, 0.15) is 144 Å². The molecule has 0 fully saturated rings. The van der Waals surface area contributed by atoms with Gasteiger partial charge in [-0.05, 0) is 115 Å². The van der Waals surface area contributed by atoms with E-state index in [1.54, 1.807) is 0 Å². The number of hydrogen-bond donors (Lipinski definition) is 0. The minimum absolute atomic E-state index is 0.0147. The van der Waals surface area contributed by atoms with E-state index >= 15 is 0 Å². The van der Waals surface area contributed by atoms with E-state index in [4.69, 9.17) is 25.6 Å². The molecule has 0 bridgehead atoms. The minimum atomic E-state index is -3.37. The van der Waals surface area contributed by atoms with Gasteiger partial charge < -0.3 is 25.6 Å². The standard InChI is InChI=1S/C34H78O6Si4/c1-23-32(13,14)35-41(19,26-29(4,5)6)38-43(21,28-31(10,11)12)40-44(22,37-34(17,18)25-3)39-42(20,27-30(7,8)9)36-33(15,16)24-2/h23-28H2,1-22H3. The third kappa shape index (κ3) is 18.2. The van der Waals surface area contributed by atoms with Crippen LogP contribution in [0.15, 0.2) is 0 Å². The van der Waals surface area contributed by atoms with Crippen molar-refractivity contribution in [3.63, 3.8) is 0 Å². The molecule has 6 nitrogen and oxygen atoms in total. The van der Waals surface area contributed by atoms with Crippen LogP contribution in [0.2, 0.25) is 44.3 Å². The maximum Gasteiger partial charge on any atom is 0.480 e. The molecule has 4 atom stereocenters. The highest BCUT2D eigenvalue weighted by Gasteiger charge is 2.57. The van der Waals surface area contributed by atoms with Gasteiger partial charge in [0.05, 0.1) is 16.8 Å². The summed E-state index contributed by atoms with van der Waals surface area (Å²) in [7, 11) is -12.0. The molecule has 0 spiro atoms. The van der Waals surface area contributed by atoms with E-state index < -0.39 is 40.1 Å². The SMILES string of the molecule is CCC(C)(C)O[Si](C)(CC(C)(C)C)O[Si](C)(CC(C)(C)C)O[Si](C)(OC(C)(C)CC)O[Si](C)(CC(C)(C)C)OC(C)(C)CC.